The van der Waals surface area contributed by atoms with E-state index in [0.717, 1.165) is 0 Å². The molecule has 0 atom stereocenters. The summed E-state index contributed by atoms with van der Waals surface area (Å²) < 4.78 is 0. The summed E-state index contributed by atoms with van der Waals surface area (Å²) in [7, 11) is 0. The van der Waals surface area contributed by atoms with Crippen LogP contribution in [0.25, 0.3) is 0 Å². The first kappa shape index (κ1) is 9.11. The molecule has 0 bridgehead atoms. The molecule has 2 heteroatoms. The van der Waals surface area contributed by atoms with Crippen LogP contribution in [0.4, 0.5) is 0 Å². The van der Waals surface area contributed by atoms with Crippen LogP contribution in [0.15, 0.2) is 24.3 Å². The molecule has 0 spiro atoms. The molecular formula is C8H13NO. The molecule has 0 aliphatic heterocycles. The number of nitrogens with two attached hydrogens (primary N) is 1. The summed E-state index contributed by atoms with van der Waals surface area (Å²) in [5.74, 6) is 0.0701. The van der Waals surface area contributed by atoms with E-state index in [1.54, 1.807) is 6.08 Å². The summed E-state index contributed by atoms with van der Waals surface area (Å²) in [6.07, 6.45) is 7.87. The van der Waals surface area contributed by atoms with Crippen LogP contribution in [0, 0.1) is 0 Å². The summed E-state index contributed by atoms with van der Waals surface area (Å²) >= 11 is 0. The lowest BCUT2D eigenvalue weighted by molar-refractivity contribution is -0.116. The van der Waals surface area contributed by atoms with Crippen LogP contribution in [0.5, 0.6) is 0 Å². The van der Waals surface area contributed by atoms with Crippen molar-refractivity contribution in [1.29, 1.82) is 0 Å². The van der Waals surface area contributed by atoms with E-state index in [2.05, 4.69) is 0 Å². The van der Waals surface area contributed by atoms with Crippen molar-refractivity contribution in [2.45, 2.75) is 13.3 Å². The van der Waals surface area contributed by atoms with E-state index < -0.39 is 0 Å². The predicted molar refractivity (Wildman–Crippen MR) is 42.6 cm³/mol. The molecule has 0 amide bonds. The zero-order chi connectivity index (χ0) is 7.82. The minimum Gasteiger partial charge on any atom is -0.324 e. The van der Waals surface area contributed by atoms with E-state index in [4.69, 9.17) is 5.73 Å². The quantitative estimate of drug-likeness (QED) is 0.591. The van der Waals surface area contributed by atoms with Gasteiger partial charge in [0.05, 0.1) is 6.54 Å². The molecule has 2 nitrogen and oxygen atoms in total. The largest absolute Gasteiger partial charge is 0.324 e. The number of hydrogen-bond acceptors (Lipinski definition) is 2. The maximum atomic E-state index is 10.6. The SMILES string of the molecule is C/C=C\C=C/CC(=O)CN. The zero-order valence-corrected chi connectivity index (χ0v) is 6.21. The fourth-order valence-electron chi connectivity index (χ4n) is 0.472. The topological polar surface area (TPSA) is 43.1 Å². The first-order chi connectivity index (χ1) is 4.81. The number of Topliss-reactive ketones (excluding diaryl/α,β-unsaturated/α-hetero) is 1. The fraction of sp³-hybridized carbons (Fsp3) is 0.375. The van der Waals surface area contributed by atoms with Crippen molar-refractivity contribution in [3.8, 4) is 0 Å². The van der Waals surface area contributed by atoms with Gasteiger partial charge in [-0.25, -0.2) is 0 Å². The lowest BCUT2D eigenvalue weighted by Crippen LogP contribution is -2.11. The second-order valence-electron chi connectivity index (χ2n) is 1.90. The normalized spacial score (nSPS) is 11.4. The summed E-state index contributed by atoms with van der Waals surface area (Å²) in [5, 5.41) is 0. The van der Waals surface area contributed by atoms with Crippen LogP contribution in [-0.2, 0) is 4.79 Å². The second kappa shape index (κ2) is 6.23. The van der Waals surface area contributed by atoms with Crippen molar-refractivity contribution in [3.63, 3.8) is 0 Å². The van der Waals surface area contributed by atoms with E-state index in [9.17, 15) is 4.79 Å². The standard InChI is InChI=1S/C8H13NO/c1-2-3-4-5-6-8(10)7-9/h2-5H,6-7,9H2,1H3/b3-2-,5-4-. The number of hydrogen-bond donors (Lipinski definition) is 1. The number of carbonyl (C=O) groups is 1. The minimum atomic E-state index is 0.0701. The lowest BCUT2D eigenvalue weighted by Gasteiger charge is -1.86. The highest BCUT2D eigenvalue weighted by Gasteiger charge is 1.90. The Labute approximate surface area is 61.4 Å². The Kier molecular flexibility index (Phi) is 5.68. The Morgan fingerprint density at radius 2 is 2.20 bits per heavy atom. The predicted octanol–water partition coefficient (Wildman–Crippen LogP) is 1.04. The van der Waals surface area contributed by atoms with Crippen molar-refractivity contribution in [3.05, 3.63) is 24.3 Å². The van der Waals surface area contributed by atoms with Gasteiger partial charge >= 0.3 is 0 Å². The molecule has 0 aromatic rings. The monoisotopic (exact) mass is 139 g/mol. The number of ketones is 1. The van der Waals surface area contributed by atoms with Crippen molar-refractivity contribution in [2.24, 2.45) is 5.73 Å². The first-order valence-electron chi connectivity index (χ1n) is 3.31. The van der Waals surface area contributed by atoms with Gasteiger partial charge in [0.25, 0.3) is 0 Å². The first-order valence-corrected chi connectivity index (χ1v) is 3.31. The Morgan fingerprint density at radius 3 is 2.70 bits per heavy atom. The molecule has 0 aliphatic rings. The van der Waals surface area contributed by atoms with Gasteiger partial charge in [0.1, 0.15) is 5.78 Å². The molecule has 10 heavy (non-hydrogen) atoms. The summed E-state index contributed by atoms with van der Waals surface area (Å²) in [4.78, 5) is 10.6. The van der Waals surface area contributed by atoms with Crippen LogP contribution in [-0.4, -0.2) is 12.3 Å². The molecule has 0 heterocycles. The van der Waals surface area contributed by atoms with E-state index in [0.29, 0.717) is 6.42 Å². The average Bonchev–Trinajstić information content (AvgIpc) is 1.98. The zero-order valence-electron chi connectivity index (χ0n) is 6.21. The van der Waals surface area contributed by atoms with Gasteiger partial charge in [0.15, 0.2) is 0 Å². The fourth-order valence-corrected chi connectivity index (χ4v) is 0.472. The molecule has 0 aromatic carbocycles. The molecule has 0 rings (SSSR count). The highest BCUT2D eigenvalue weighted by Crippen LogP contribution is 1.84. The summed E-state index contributed by atoms with van der Waals surface area (Å²) in [6, 6.07) is 0. The molecular weight excluding hydrogens is 126 g/mol. The number of allylic oxidation sites excluding steroid dienone is 4. The van der Waals surface area contributed by atoms with Crippen molar-refractivity contribution < 1.29 is 4.79 Å². The van der Waals surface area contributed by atoms with Crippen LogP contribution < -0.4 is 5.73 Å². The number of rotatable bonds is 4. The van der Waals surface area contributed by atoms with Gasteiger partial charge in [0.2, 0.25) is 0 Å². The third-order valence-corrected chi connectivity index (χ3v) is 1.01. The Morgan fingerprint density at radius 1 is 1.50 bits per heavy atom. The van der Waals surface area contributed by atoms with Gasteiger partial charge in [-0.3, -0.25) is 4.79 Å². The molecule has 0 fully saturated rings. The Hall–Kier alpha value is -0.890. The highest BCUT2D eigenvalue weighted by atomic mass is 16.1. The maximum absolute atomic E-state index is 10.6. The molecule has 0 radical (unpaired) electrons. The van der Waals surface area contributed by atoms with Gasteiger partial charge in [-0.2, -0.15) is 0 Å². The van der Waals surface area contributed by atoms with Crippen molar-refractivity contribution >= 4 is 5.78 Å². The molecule has 2 N–H and O–H groups in total. The van der Waals surface area contributed by atoms with Crippen molar-refractivity contribution in [1.82, 2.24) is 0 Å². The Bertz CT molecular complexity index is 147. The average molecular weight is 139 g/mol. The minimum absolute atomic E-state index is 0.0701. The van der Waals surface area contributed by atoms with Crippen LogP contribution in [0.3, 0.4) is 0 Å². The van der Waals surface area contributed by atoms with E-state index in [-0.39, 0.29) is 12.3 Å². The van der Waals surface area contributed by atoms with Gasteiger partial charge in [-0.1, -0.05) is 24.3 Å². The van der Waals surface area contributed by atoms with Gasteiger partial charge in [0, 0.05) is 6.42 Å². The highest BCUT2D eigenvalue weighted by molar-refractivity contribution is 5.81. The van der Waals surface area contributed by atoms with Gasteiger partial charge in [-0.05, 0) is 6.92 Å². The molecule has 0 saturated carbocycles. The molecule has 0 aliphatic carbocycles. The van der Waals surface area contributed by atoms with Gasteiger partial charge in [-0.15, -0.1) is 0 Å². The van der Waals surface area contributed by atoms with E-state index in [1.165, 1.54) is 0 Å². The molecule has 0 unspecified atom stereocenters. The van der Waals surface area contributed by atoms with Crippen molar-refractivity contribution in [2.75, 3.05) is 6.54 Å². The molecule has 56 valence electrons. The molecule has 0 saturated heterocycles. The second-order valence-corrected chi connectivity index (χ2v) is 1.90. The smallest absolute Gasteiger partial charge is 0.150 e. The summed E-state index contributed by atoms with van der Waals surface area (Å²) in [5.41, 5.74) is 5.09. The maximum Gasteiger partial charge on any atom is 0.150 e. The van der Waals surface area contributed by atoms with Crippen LogP contribution >= 0.6 is 0 Å². The van der Waals surface area contributed by atoms with E-state index in [1.807, 2.05) is 25.2 Å². The van der Waals surface area contributed by atoms with Crippen LogP contribution in [0.1, 0.15) is 13.3 Å². The van der Waals surface area contributed by atoms with Gasteiger partial charge < -0.3 is 5.73 Å². The van der Waals surface area contributed by atoms with Crippen LogP contribution in [0.2, 0.25) is 0 Å². The van der Waals surface area contributed by atoms with E-state index >= 15 is 0 Å². The summed E-state index contributed by atoms with van der Waals surface area (Å²) in [6.45, 7) is 2.06. The number of carbonyl (C=O) groups excluding carboxylic acids is 1. The molecule has 0 aromatic heterocycles. The third kappa shape index (κ3) is 5.25. The lowest BCUT2D eigenvalue weighted by atomic mass is 10.2. The third-order valence-electron chi connectivity index (χ3n) is 1.01. The Balaban J connectivity index is 3.43.